The number of hydrogen-bond acceptors (Lipinski definition) is 5. The van der Waals surface area contributed by atoms with Crippen LogP contribution < -0.4 is 5.32 Å². The fourth-order valence-corrected chi connectivity index (χ4v) is 2.47. The molecule has 0 unspecified atom stereocenters. The number of aliphatic hydroxyl groups is 2. The van der Waals surface area contributed by atoms with Crippen LogP contribution in [0.4, 0.5) is 4.79 Å². The molecule has 0 radical (unpaired) electrons. The molecule has 6 heteroatoms. The van der Waals surface area contributed by atoms with Gasteiger partial charge in [0.15, 0.2) is 0 Å². The van der Waals surface area contributed by atoms with E-state index in [1.165, 1.54) is 0 Å². The molecular formula is C20H33NO5. The minimum Gasteiger partial charge on any atom is -0.444 e. The molecular weight excluding hydrogens is 334 g/mol. The van der Waals surface area contributed by atoms with Crippen molar-refractivity contribution in [2.24, 2.45) is 5.92 Å². The number of rotatable bonds is 11. The van der Waals surface area contributed by atoms with Crippen molar-refractivity contribution < 1.29 is 24.5 Å². The molecule has 6 nitrogen and oxygen atoms in total. The Morgan fingerprint density at radius 3 is 2.50 bits per heavy atom. The van der Waals surface area contributed by atoms with Gasteiger partial charge in [0, 0.05) is 25.7 Å². The summed E-state index contributed by atoms with van der Waals surface area (Å²) >= 11 is 0. The molecule has 0 saturated heterocycles. The van der Waals surface area contributed by atoms with E-state index in [0.717, 1.165) is 5.56 Å². The fourth-order valence-electron chi connectivity index (χ4n) is 2.47. The Kier molecular flexibility index (Phi) is 10.2. The molecule has 148 valence electrons. The van der Waals surface area contributed by atoms with Gasteiger partial charge in [0.1, 0.15) is 5.60 Å². The summed E-state index contributed by atoms with van der Waals surface area (Å²) in [5.74, 6) is -0.279. The van der Waals surface area contributed by atoms with E-state index in [4.69, 9.17) is 9.47 Å². The normalized spacial score (nSPS) is 13.9. The highest BCUT2D eigenvalue weighted by Crippen LogP contribution is 2.14. The Labute approximate surface area is 156 Å². The predicted molar refractivity (Wildman–Crippen MR) is 101 cm³/mol. The summed E-state index contributed by atoms with van der Waals surface area (Å²) in [5.41, 5.74) is 0.578. The van der Waals surface area contributed by atoms with Crippen molar-refractivity contribution in [3.05, 3.63) is 35.9 Å². The average molecular weight is 367 g/mol. The van der Waals surface area contributed by atoms with Crippen molar-refractivity contribution in [3.63, 3.8) is 0 Å². The van der Waals surface area contributed by atoms with Gasteiger partial charge >= 0.3 is 6.09 Å². The van der Waals surface area contributed by atoms with Gasteiger partial charge in [0.2, 0.25) is 0 Å². The van der Waals surface area contributed by atoms with Crippen molar-refractivity contribution in [2.45, 2.75) is 58.3 Å². The van der Waals surface area contributed by atoms with Crippen molar-refractivity contribution in [1.82, 2.24) is 5.32 Å². The van der Waals surface area contributed by atoms with Gasteiger partial charge in [0.25, 0.3) is 0 Å². The van der Waals surface area contributed by atoms with Gasteiger partial charge < -0.3 is 25.0 Å². The topological polar surface area (TPSA) is 88.0 Å². The summed E-state index contributed by atoms with van der Waals surface area (Å²) in [6.45, 7) is 6.73. The van der Waals surface area contributed by atoms with E-state index in [1.807, 2.05) is 30.3 Å². The molecule has 0 saturated carbocycles. The number of hydrogen-bond donors (Lipinski definition) is 3. The molecule has 0 bridgehead atoms. The van der Waals surface area contributed by atoms with Gasteiger partial charge in [-0.3, -0.25) is 0 Å². The summed E-state index contributed by atoms with van der Waals surface area (Å²) in [6, 6.07) is 9.92. The highest BCUT2D eigenvalue weighted by molar-refractivity contribution is 5.67. The zero-order valence-electron chi connectivity index (χ0n) is 16.1. The minimum absolute atomic E-state index is 0.123. The van der Waals surface area contributed by atoms with Crippen LogP contribution in [0.2, 0.25) is 0 Å². The summed E-state index contributed by atoms with van der Waals surface area (Å²) in [6.07, 6.45) is 0.636. The molecule has 0 aliphatic rings. The van der Waals surface area contributed by atoms with Crippen LogP contribution >= 0.6 is 0 Å². The third kappa shape index (κ3) is 10.4. The molecule has 1 aromatic rings. The zero-order valence-corrected chi connectivity index (χ0v) is 16.1. The number of nitrogens with one attached hydrogen (secondary N) is 1. The molecule has 0 spiro atoms. The third-order valence-corrected chi connectivity index (χ3v) is 3.86. The monoisotopic (exact) mass is 367 g/mol. The van der Waals surface area contributed by atoms with Gasteiger partial charge in [-0.25, -0.2) is 4.79 Å². The molecule has 0 aliphatic carbocycles. The van der Waals surface area contributed by atoms with Crippen LogP contribution in [0.1, 0.15) is 45.6 Å². The van der Waals surface area contributed by atoms with Crippen molar-refractivity contribution in [1.29, 1.82) is 0 Å². The Bertz CT molecular complexity index is 501. The van der Waals surface area contributed by atoms with Crippen molar-refractivity contribution >= 4 is 6.09 Å². The lowest BCUT2D eigenvalue weighted by Crippen LogP contribution is -2.35. The lowest BCUT2D eigenvalue weighted by atomic mass is 9.96. The molecule has 1 aromatic carbocycles. The lowest BCUT2D eigenvalue weighted by Gasteiger charge is -2.22. The molecule has 0 aliphatic heterocycles. The summed E-state index contributed by atoms with van der Waals surface area (Å²) in [4.78, 5) is 11.6. The summed E-state index contributed by atoms with van der Waals surface area (Å²) in [7, 11) is 0. The maximum absolute atomic E-state index is 11.6. The SMILES string of the molecule is CC(C)(C)OC(=O)NCC[C@@H](CO)[C@@H](O)CCCOCc1ccccc1. The van der Waals surface area contributed by atoms with E-state index in [9.17, 15) is 15.0 Å². The molecule has 26 heavy (non-hydrogen) atoms. The van der Waals surface area contributed by atoms with Crippen LogP contribution in [-0.4, -0.2) is 47.8 Å². The van der Waals surface area contributed by atoms with Gasteiger partial charge in [0.05, 0.1) is 12.7 Å². The number of benzene rings is 1. The largest absolute Gasteiger partial charge is 0.444 e. The lowest BCUT2D eigenvalue weighted by molar-refractivity contribution is 0.0384. The van der Waals surface area contributed by atoms with Crippen LogP contribution in [-0.2, 0) is 16.1 Å². The first kappa shape index (κ1) is 22.4. The second-order valence-corrected chi connectivity index (χ2v) is 7.41. The molecule has 0 aromatic heterocycles. The maximum Gasteiger partial charge on any atom is 0.407 e. The van der Waals surface area contributed by atoms with Crippen LogP contribution in [0.5, 0.6) is 0 Å². The van der Waals surface area contributed by atoms with E-state index in [2.05, 4.69) is 5.32 Å². The Morgan fingerprint density at radius 1 is 1.19 bits per heavy atom. The van der Waals surface area contributed by atoms with Gasteiger partial charge in [-0.2, -0.15) is 0 Å². The second-order valence-electron chi connectivity index (χ2n) is 7.41. The second kappa shape index (κ2) is 11.9. The highest BCUT2D eigenvalue weighted by atomic mass is 16.6. The van der Waals surface area contributed by atoms with Crippen LogP contribution in [0, 0.1) is 5.92 Å². The molecule has 0 heterocycles. The van der Waals surface area contributed by atoms with Crippen molar-refractivity contribution in [3.8, 4) is 0 Å². The van der Waals surface area contributed by atoms with Gasteiger partial charge in [-0.1, -0.05) is 30.3 Å². The van der Waals surface area contributed by atoms with E-state index < -0.39 is 17.8 Å². The first-order valence-corrected chi connectivity index (χ1v) is 9.19. The van der Waals surface area contributed by atoms with E-state index in [-0.39, 0.29) is 12.5 Å². The van der Waals surface area contributed by atoms with Crippen LogP contribution in [0.15, 0.2) is 30.3 Å². The Hall–Kier alpha value is -1.63. The molecule has 2 atom stereocenters. The fraction of sp³-hybridized carbons (Fsp3) is 0.650. The number of carbonyl (C=O) groups is 1. The van der Waals surface area contributed by atoms with E-state index in [1.54, 1.807) is 20.8 Å². The van der Waals surface area contributed by atoms with E-state index >= 15 is 0 Å². The van der Waals surface area contributed by atoms with Crippen molar-refractivity contribution in [2.75, 3.05) is 19.8 Å². The van der Waals surface area contributed by atoms with Crippen LogP contribution in [0.3, 0.4) is 0 Å². The smallest absolute Gasteiger partial charge is 0.407 e. The zero-order chi connectivity index (χ0) is 19.4. The molecule has 1 rings (SSSR count). The summed E-state index contributed by atoms with van der Waals surface area (Å²) in [5, 5.41) is 22.3. The molecule has 0 fully saturated rings. The number of aliphatic hydroxyl groups excluding tert-OH is 2. The van der Waals surface area contributed by atoms with Gasteiger partial charge in [-0.15, -0.1) is 0 Å². The average Bonchev–Trinajstić information content (AvgIpc) is 2.57. The first-order chi connectivity index (χ1) is 12.3. The van der Waals surface area contributed by atoms with Crippen LogP contribution in [0.25, 0.3) is 0 Å². The Balaban J connectivity index is 2.16. The standard InChI is InChI=1S/C20H33NO5/c1-20(2,3)26-19(24)21-12-11-17(14-22)18(23)10-7-13-25-15-16-8-5-4-6-9-16/h4-6,8-9,17-18,22-23H,7,10-15H2,1-3H3,(H,21,24)/t17-,18-/m0/s1. The minimum atomic E-state index is -0.624. The first-order valence-electron chi connectivity index (χ1n) is 9.19. The number of ether oxygens (including phenoxy) is 2. The molecule has 1 amide bonds. The Morgan fingerprint density at radius 2 is 1.88 bits per heavy atom. The van der Waals surface area contributed by atoms with Gasteiger partial charge in [-0.05, 0) is 45.6 Å². The third-order valence-electron chi connectivity index (χ3n) is 3.86. The van der Waals surface area contributed by atoms with E-state index in [0.29, 0.717) is 39.0 Å². The predicted octanol–water partition coefficient (Wildman–Crippen LogP) is 2.87. The number of carbonyl (C=O) groups excluding carboxylic acids is 1. The highest BCUT2D eigenvalue weighted by Gasteiger charge is 2.20. The quantitative estimate of drug-likeness (QED) is 0.524. The molecule has 3 N–H and O–H groups in total. The maximum atomic E-state index is 11.6. The number of amides is 1. The number of alkyl carbamates (subject to hydrolysis) is 1. The summed E-state index contributed by atoms with van der Waals surface area (Å²) < 4.78 is 10.7.